The number of ether oxygens (including phenoxy) is 1. The number of carbonyl (C=O) groups is 1. The molecule has 0 saturated carbocycles. The first kappa shape index (κ1) is 19.8. The molecule has 0 atom stereocenters. The zero-order chi connectivity index (χ0) is 20.2. The lowest BCUT2D eigenvalue weighted by Gasteiger charge is -2.29. The van der Waals surface area contributed by atoms with Gasteiger partial charge in [0.15, 0.2) is 5.13 Å². The Balaban J connectivity index is 1.60. The highest BCUT2D eigenvalue weighted by atomic mass is 32.1. The third-order valence-electron chi connectivity index (χ3n) is 5.13. The van der Waals surface area contributed by atoms with Crippen molar-refractivity contribution in [2.75, 3.05) is 63.3 Å². The number of thiazole rings is 1. The van der Waals surface area contributed by atoms with Gasteiger partial charge in [0.1, 0.15) is 0 Å². The highest BCUT2D eigenvalue weighted by Crippen LogP contribution is 2.29. The monoisotopic (exact) mass is 410 g/mol. The maximum Gasteiger partial charge on any atom is 0.260 e. The van der Waals surface area contributed by atoms with Gasteiger partial charge in [0.05, 0.1) is 23.4 Å². The van der Waals surface area contributed by atoms with Crippen LogP contribution in [0.5, 0.6) is 0 Å². The van der Waals surface area contributed by atoms with Crippen molar-refractivity contribution in [3.05, 3.63) is 54.1 Å². The molecule has 1 saturated heterocycles. The first-order valence-electron chi connectivity index (χ1n) is 9.87. The van der Waals surface area contributed by atoms with Crippen molar-refractivity contribution in [3.63, 3.8) is 0 Å². The van der Waals surface area contributed by atoms with Gasteiger partial charge in [-0.15, -0.1) is 0 Å². The summed E-state index contributed by atoms with van der Waals surface area (Å²) < 4.78 is 6.53. The van der Waals surface area contributed by atoms with Gasteiger partial charge in [-0.3, -0.25) is 14.6 Å². The molecule has 0 spiro atoms. The first-order chi connectivity index (χ1) is 14.1. The Labute approximate surface area is 175 Å². The smallest absolute Gasteiger partial charge is 0.260 e. The number of aromatic nitrogens is 1. The molecule has 1 aliphatic heterocycles. The van der Waals surface area contributed by atoms with Crippen LogP contribution in [-0.4, -0.2) is 69.3 Å². The standard InChI is InChI=1S/C22H26N4O2S/c1-24(2)18-9-7-17(8-10-18)21(27)26(12-11-25-13-15-28-16-14-25)22-23-19-5-3-4-6-20(19)29-22/h3-10H,11-16H2,1-2H3. The van der Waals surface area contributed by atoms with Gasteiger partial charge in [-0.25, -0.2) is 4.98 Å². The summed E-state index contributed by atoms with van der Waals surface area (Å²) in [6.07, 6.45) is 0. The van der Waals surface area contributed by atoms with Crippen LogP contribution < -0.4 is 9.80 Å². The van der Waals surface area contributed by atoms with Crippen molar-refractivity contribution in [1.82, 2.24) is 9.88 Å². The fourth-order valence-corrected chi connectivity index (χ4v) is 4.37. The Hall–Kier alpha value is -2.48. The molecule has 2 heterocycles. The molecule has 152 valence electrons. The van der Waals surface area contributed by atoms with Crippen LogP contribution in [0, 0.1) is 0 Å². The molecule has 1 amide bonds. The van der Waals surface area contributed by atoms with Gasteiger partial charge in [0.25, 0.3) is 5.91 Å². The van der Waals surface area contributed by atoms with E-state index < -0.39 is 0 Å². The van der Waals surface area contributed by atoms with Gasteiger partial charge >= 0.3 is 0 Å². The number of nitrogens with zero attached hydrogens (tertiary/aromatic N) is 4. The van der Waals surface area contributed by atoms with Crippen LogP contribution in [0.25, 0.3) is 10.2 Å². The normalized spacial score (nSPS) is 14.8. The topological polar surface area (TPSA) is 48.9 Å². The number of benzene rings is 2. The summed E-state index contributed by atoms with van der Waals surface area (Å²) in [5.74, 6) is -0.0115. The Morgan fingerprint density at radius 3 is 2.52 bits per heavy atom. The van der Waals surface area contributed by atoms with E-state index in [9.17, 15) is 4.79 Å². The van der Waals surface area contributed by atoms with Crippen LogP contribution in [0.1, 0.15) is 10.4 Å². The molecule has 0 N–H and O–H groups in total. The van der Waals surface area contributed by atoms with Crippen LogP contribution in [0.15, 0.2) is 48.5 Å². The lowest BCUT2D eigenvalue weighted by molar-refractivity contribution is 0.0391. The van der Waals surface area contributed by atoms with Gasteiger partial charge in [-0.2, -0.15) is 0 Å². The summed E-state index contributed by atoms with van der Waals surface area (Å²) >= 11 is 1.57. The molecule has 6 nitrogen and oxygen atoms in total. The summed E-state index contributed by atoms with van der Waals surface area (Å²) in [6, 6.07) is 15.8. The molecule has 1 aliphatic rings. The lowest BCUT2D eigenvalue weighted by Crippen LogP contribution is -2.43. The number of hydrogen-bond donors (Lipinski definition) is 0. The third-order valence-corrected chi connectivity index (χ3v) is 6.19. The van der Waals surface area contributed by atoms with E-state index in [0.29, 0.717) is 12.1 Å². The van der Waals surface area contributed by atoms with E-state index in [4.69, 9.17) is 9.72 Å². The average Bonchev–Trinajstić information content (AvgIpc) is 3.18. The highest BCUT2D eigenvalue weighted by Gasteiger charge is 2.23. The number of fused-ring (bicyclic) bond motifs is 1. The summed E-state index contributed by atoms with van der Waals surface area (Å²) in [4.78, 5) is 24.3. The molecule has 1 fully saturated rings. The second-order valence-electron chi connectivity index (χ2n) is 7.32. The zero-order valence-electron chi connectivity index (χ0n) is 16.9. The molecule has 2 aromatic carbocycles. The van der Waals surface area contributed by atoms with Gasteiger partial charge in [0, 0.05) is 51.5 Å². The van der Waals surface area contributed by atoms with Crippen LogP contribution in [0.3, 0.4) is 0 Å². The second-order valence-corrected chi connectivity index (χ2v) is 8.33. The minimum atomic E-state index is -0.0115. The van der Waals surface area contributed by atoms with Crippen molar-refractivity contribution in [1.29, 1.82) is 0 Å². The third kappa shape index (κ3) is 4.58. The van der Waals surface area contributed by atoms with Gasteiger partial charge in [-0.1, -0.05) is 23.5 Å². The average molecular weight is 411 g/mol. The Kier molecular flexibility index (Phi) is 6.08. The van der Waals surface area contributed by atoms with E-state index in [1.165, 1.54) is 0 Å². The molecule has 7 heteroatoms. The van der Waals surface area contributed by atoms with E-state index >= 15 is 0 Å². The van der Waals surface area contributed by atoms with Gasteiger partial charge in [-0.05, 0) is 36.4 Å². The van der Waals surface area contributed by atoms with E-state index in [0.717, 1.165) is 53.9 Å². The summed E-state index contributed by atoms with van der Waals surface area (Å²) in [7, 11) is 3.99. The molecule has 0 aliphatic carbocycles. The zero-order valence-corrected chi connectivity index (χ0v) is 17.7. The Morgan fingerprint density at radius 2 is 1.83 bits per heavy atom. The molecule has 0 unspecified atom stereocenters. The van der Waals surface area contributed by atoms with E-state index in [-0.39, 0.29) is 5.91 Å². The number of hydrogen-bond acceptors (Lipinski definition) is 6. The SMILES string of the molecule is CN(C)c1ccc(C(=O)N(CCN2CCOCC2)c2nc3ccccc3s2)cc1. The molecule has 0 bridgehead atoms. The maximum absolute atomic E-state index is 13.4. The van der Waals surface area contributed by atoms with Crippen molar-refractivity contribution < 1.29 is 9.53 Å². The molecular formula is C22H26N4O2S. The van der Waals surface area contributed by atoms with Crippen LogP contribution in [-0.2, 0) is 4.74 Å². The van der Waals surface area contributed by atoms with Crippen LogP contribution in [0.2, 0.25) is 0 Å². The second kappa shape index (κ2) is 8.90. The Bertz CT molecular complexity index is 931. The van der Waals surface area contributed by atoms with Crippen LogP contribution in [0.4, 0.5) is 10.8 Å². The molecular weight excluding hydrogens is 384 g/mol. The first-order valence-corrected chi connectivity index (χ1v) is 10.7. The van der Waals surface area contributed by atoms with Crippen molar-refractivity contribution in [2.24, 2.45) is 0 Å². The number of morpholine rings is 1. The molecule has 29 heavy (non-hydrogen) atoms. The number of carbonyl (C=O) groups excluding carboxylic acids is 1. The Morgan fingerprint density at radius 1 is 1.10 bits per heavy atom. The number of para-hydroxylation sites is 1. The van der Waals surface area contributed by atoms with Gasteiger partial charge in [0.2, 0.25) is 0 Å². The predicted molar refractivity (Wildman–Crippen MR) is 119 cm³/mol. The molecule has 1 aromatic heterocycles. The maximum atomic E-state index is 13.4. The summed E-state index contributed by atoms with van der Waals surface area (Å²) in [5, 5.41) is 0.751. The van der Waals surface area contributed by atoms with E-state index in [2.05, 4.69) is 4.90 Å². The molecule has 0 radical (unpaired) electrons. The van der Waals surface area contributed by atoms with E-state index in [1.54, 1.807) is 11.3 Å². The number of anilines is 2. The van der Waals surface area contributed by atoms with Crippen molar-refractivity contribution in [3.8, 4) is 0 Å². The highest BCUT2D eigenvalue weighted by molar-refractivity contribution is 7.22. The molecule has 4 rings (SSSR count). The molecule has 3 aromatic rings. The van der Waals surface area contributed by atoms with Crippen molar-refractivity contribution in [2.45, 2.75) is 0 Å². The van der Waals surface area contributed by atoms with E-state index in [1.807, 2.05) is 72.4 Å². The van der Waals surface area contributed by atoms with Crippen molar-refractivity contribution >= 4 is 38.3 Å². The number of rotatable bonds is 6. The quantitative estimate of drug-likeness (QED) is 0.624. The largest absolute Gasteiger partial charge is 0.379 e. The predicted octanol–water partition coefficient (Wildman–Crippen LogP) is 3.34. The fourth-order valence-electron chi connectivity index (χ4n) is 3.38. The lowest BCUT2D eigenvalue weighted by atomic mass is 10.1. The summed E-state index contributed by atoms with van der Waals surface area (Å²) in [6.45, 7) is 4.72. The van der Waals surface area contributed by atoms with Crippen LogP contribution >= 0.6 is 11.3 Å². The minimum absolute atomic E-state index is 0.0115. The minimum Gasteiger partial charge on any atom is -0.379 e. The summed E-state index contributed by atoms with van der Waals surface area (Å²) in [5.41, 5.74) is 2.68. The van der Waals surface area contributed by atoms with Gasteiger partial charge < -0.3 is 9.64 Å². The number of amides is 1. The fraction of sp³-hybridized carbons (Fsp3) is 0.364.